The van der Waals surface area contributed by atoms with Gasteiger partial charge in [0, 0.05) is 30.6 Å². The Morgan fingerprint density at radius 3 is 2.38 bits per heavy atom. The van der Waals surface area contributed by atoms with Gasteiger partial charge in [-0.1, -0.05) is 108 Å². The van der Waals surface area contributed by atoms with Gasteiger partial charge < -0.3 is 34.4 Å². The standard InChI is InChI=1S/C41H48BrN3O8/c1-51-25-31-35(27-16-8-3-9-17-27)52-40(50)33-34-38(48)45(29(24-46)22-26-14-6-2-7-15-26)37(41(34)23-30(42)36(33)53-41)39(49)44(28-18-10-4-11-19-28)21-13-5-12-20-32(47)43-31/h2-3,5-9,13-17,23,28-29,31,33-37,46H,4,10-12,18-22,24-25H2,1H3,(H,43,47)/b13-5-/t29-,31-,33+,34-,35-,36+,37+,41-/m1/s1. The first-order valence-electron chi connectivity index (χ1n) is 18.8. The van der Waals surface area contributed by atoms with Crippen LogP contribution in [0.4, 0.5) is 0 Å². The zero-order valence-electron chi connectivity index (χ0n) is 30.0. The van der Waals surface area contributed by atoms with Crippen LogP contribution in [-0.4, -0.2) is 101 Å². The van der Waals surface area contributed by atoms with Crippen molar-refractivity contribution in [3.63, 3.8) is 0 Å². The van der Waals surface area contributed by atoms with E-state index in [2.05, 4.69) is 21.2 Å². The van der Waals surface area contributed by atoms with Crippen LogP contribution in [-0.2, 0) is 39.8 Å². The number of hydrogen-bond acceptors (Lipinski definition) is 8. The molecule has 4 heterocycles. The minimum Gasteiger partial charge on any atom is -0.455 e. The number of allylic oxidation sites excluding steroid dienone is 1. The van der Waals surface area contributed by atoms with Crippen molar-refractivity contribution >= 4 is 39.6 Å². The fourth-order valence-corrected chi connectivity index (χ4v) is 9.85. The number of cyclic esters (lactones) is 1. The highest BCUT2D eigenvalue weighted by Gasteiger charge is 2.75. The molecule has 2 saturated heterocycles. The van der Waals surface area contributed by atoms with Crippen LogP contribution in [0.15, 0.2) is 83.4 Å². The van der Waals surface area contributed by atoms with Crippen LogP contribution in [0.3, 0.4) is 0 Å². The molecule has 53 heavy (non-hydrogen) atoms. The quantitative estimate of drug-likeness (QED) is 0.297. The molecule has 2 aromatic rings. The molecule has 7 rings (SSSR count). The van der Waals surface area contributed by atoms with Crippen LogP contribution < -0.4 is 5.32 Å². The van der Waals surface area contributed by atoms with E-state index in [1.165, 1.54) is 12.0 Å². The van der Waals surface area contributed by atoms with Gasteiger partial charge in [0.1, 0.15) is 29.8 Å². The van der Waals surface area contributed by atoms with Gasteiger partial charge in [-0.15, -0.1) is 0 Å². The highest BCUT2D eigenvalue weighted by molar-refractivity contribution is 9.11. The van der Waals surface area contributed by atoms with Gasteiger partial charge in [-0.3, -0.25) is 19.2 Å². The van der Waals surface area contributed by atoms with Crippen molar-refractivity contribution < 1.29 is 38.5 Å². The van der Waals surface area contributed by atoms with Crippen molar-refractivity contribution in [1.29, 1.82) is 0 Å². The van der Waals surface area contributed by atoms with Crippen LogP contribution in [0.5, 0.6) is 0 Å². The molecule has 3 amide bonds. The number of benzene rings is 2. The maximum Gasteiger partial charge on any atom is 0.313 e. The Kier molecular flexibility index (Phi) is 11.5. The molecular weight excluding hydrogens is 742 g/mol. The Morgan fingerprint density at radius 1 is 0.962 bits per heavy atom. The molecule has 1 saturated carbocycles. The van der Waals surface area contributed by atoms with Gasteiger partial charge in [0.25, 0.3) is 0 Å². The minimum absolute atomic E-state index is 0.0615. The molecule has 0 unspecified atom stereocenters. The fourth-order valence-electron chi connectivity index (χ4n) is 9.12. The number of aliphatic hydroxyl groups excluding tert-OH is 1. The van der Waals surface area contributed by atoms with Crippen molar-refractivity contribution in [2.75, 3.05) is 26.9 Å². The molecule has 2 N–H and O–H groups in total. The lowest BCUT2D eigenvalue weighted by atomic mass is 9.74. The number of nitrogens with one attached hydrogen (secondary N) is 1. The van der Waals surface area contributed by atoms with Crippen molar-refractivity contribution in [1.82, 2.24) is 15.1 Å². The molecule has 1 spiro atoms. The fraction of sp³-hybridized carbons (Fsp3) is 0.512. The zero-order chi connectivity index (χ0) is 37.1. The number of carbonyl (C=O) groups is 4. The van der Waals surface area contributed by atoms with Crippen LogP contribution >= 0.6 is 15.9 Å². The summed E-state index contributed by atoms with van der Waals surface area (Å²) in [5.74, 6) is -3.83. The number of carbonyl (C=O) groups excluding carboxylic acids is 4. The zero-order valence-corrected chi connectivity index (χ0v) is 31.6. The summed E-state index contributed by atoms with van der Waals surface area (Å²) in [6, 6.07) is 16.0. The number of methoxy groups -OCH3 is 1. The molecule has 4 aliphatic heterocycles. The monoisotopic (exact) mass is 789 g/mol. The Hall–Kier alpha value is -3.84. The Morgan fingerprint density at radius 2 is 1.68 bits per heavy atom. The molecule has 8 atom stereocenters. The second-order valence-electron chi connectivity index (χ2n) is 14.8. The lowest BCUT2D eigenvalue weighted by Gasteiger charge is -2.42. The number of likely N-dealkylation sites (tertiary alicyclic amines) is 1. The molecule has 282 valence electrons. The third-order valence-corrected chi connectivity index (χ3v) is 12.2. The predicted octanol–water partition coefficient (Wildman–Crippen LogP) is 4.39. The lowest BCUT2D eigenvalue weighted by Crippen LogP contribution is -2.60. The minimum atomic E-state index is -1.49. The molecular formula is C41H48BrN3O8. The van der Waals surface area contributed by atoms with Crippen LogP contribution in [0, 0.1) is 11.8 Å². The van der Waals surface area contributed by atoms with Gasteiger partial charge in [0.2, 0.25) is 17.7 Å². The van der Waals surface area contributed by atoms with E-state index >= 15 is 9.59 Å². The van der Waals surface area contributed by atoms with Gasteiger partial charge in [0.15, 0.2) is 0 Å². The summed E-state index contributed by atoms with van der Waals surface area (Å²) in [6.07, 6.45) is 9.44. The normalized spacial score (nSPS) is 32.2. The number of fused-ring (bicyclic) bond motifs is 2. The number of esters is 1. The van der Waals surface area contributed by atoms with E-state index in [1.54, 1.807) is 6.08 Å². The smallest absolute Gasteiger partial charge is 0.313 e. The highest BCUT2D eigenvalue weighted by Crippen LogP contribution is 2.59. The summed E-state index contributed by atoms with van der Waals surface area (Å²) in [6.45, 7) is -0.0449. The lowest BCUT2D eigenvalue weighted by molar-refractivity contribution is -0.163. The highest BCUT2D eigenvalue weighted by atomic mass is 79.9. The van der Waals surface area contributed by atoms with Crippen LogP contribution in [0.25, 0.3) is 0 Å². The van der Waals surface area contributed by atoms with Crippen molar-refractivity contribution in [2.45, 2.75) is 93.3 Å². The van der Waals surface area contributed by atoms with E-state index in [1.807, 2.05) is 77.7 Å². The van der Waals surface area contributed by atoms with Gasteiger partial charge in [-0.2, -0.15) is 0 Å². The van der Waals surface area contributed by atoms with E-state index in [0.29, 0.717) is 22.9 Å². The number of hydrogen-bond donors (Lipinski definition) is 2. The summed E-state index contributed by atoms with van der Waals surface area (Å²) in [7, 11) is 1.52. The summed E-state index contributed by atoms with van der Waals surface area (Å²) >= 11 is 3.66. The molecule has 1 aliphatic carbocycles. The number of aliphatic hydroxyl groups is 1. The third-order valence-electron chi connectivity index (χ3n) is 11.5. The van der Waals surface area contributed by atoms with Crippen molar-refractivity contribution in [3.8, 4) is 0 Å². The third kappa shape index (κ3) is 7.23. The molecule has 2 aromatic carbocycles. The van der Waals surface area contributed by atoms with Crippen molar-refractivity contribution in [3.05, 3.63) is 94.5 Å². The number of halogens is 1. The first-order valence-corrected chi connectivity index (χ1v) is 19.6. The Balaban J connectivity index is 1.35. The van der Waals surface area contributed by atoms with E-state index in [0.717, 1.165) is 37.7 Å². The maximum absolute atomic E-state index is 15.3. The summed E-state index contributed by atoms with van der Waals surface area (Å²) in [5.41, 5.74) is 0.0583. The van der Waals surface area contributed by atoms with E-state index in [4.69, 9.17) is 14.2 Å². The second-order valence-corrected chi connectivity index (χ2v) is 15.7. The van der Waals surface area contributed by atoms with Crippen molar-refractivity contribution in [2.24, 2.45) is 11.8 Å². The van der Waals surface area contributed by atoms with Crippen LogP contribution in [0.2, 0.25) is 0 Å². The SMILES string of the molecule is COC[C@H]1NC(=O)CC/C=C\CN(C2CCCCC2)C(=O)[C@@H]2N([C@@H](CO)Cc3ccccc3)C(=O)[C@H]3[C@H](C(=O)O[C@@H]1c1ccccc1)[C@H]1O[C@@]23C=C1Br. The van der Waals surface area contributed by atoms with Crippen LogP contribution in [0.1, 0.15) is 62.2 Å². The Bertz CT molecular complexity index is 1720. The maximum atomic E-state index is 15.3. The van der Waals surface area contributed by atoms with Gasteiger partial charge >= 0.3 is 5.97 Å². The van der Waals surface area contributed by atoms with Gasteiger partial charge in [-0.25, -0.2) is 0 Å². The summed E-state index contributed by atoms with van der Waals surface area (Å²) in [5, 5.41) is 14.0. The molecule has 12 heteroatoms. The number of rotatable bonds is 8. The number of amides is 3. The van der Waals surface area contributed by atoms with Gasteiger partial charge in [0.05, 0.1) is 31.2 Å². The number of nitrogens with zero attached hydrogens (tertiary/aromatic N) is 2. The Labute approximate surface area is 318 Å². The van der Waals surface area contributed by atoms with Gasteiger partial charge in [-0.05, 0) is 42.9 Å². The molecule has 5 bridgehead atoms. The number of ether oxygens (including phenoxy) is 3. The largest absolute Gasteiger partial charge is 0.455 e. The molecule has 5 aliphatic rings. The first-order chi connectivity index (χ1) is 25.8. The molecule has 0 radical (unpaired) electrons. The summed E-state index contributed by atoms with van der Waals surface area (Å²) in [4.78, 5) is 61.8. The van der Waals surface area contributed by atoms with E-state index < -0.39 is 66.3 Å². The summed E-state index contributed by atoms with van der Waals surface area (Å²) < 4.78 is 19.2. The second kappa shape index (κ2) is 16.3. The average Bonchev–Trinajstić information content (AvgIpc) is 3.77. The topological polar surface area (TPSA) is 135 Å². The molecule has 11 nitrogen and oxygen atoms in total. The first kappa shape index (κ1) is 37.5. The molecule has 0 aromatic heterocycles. The average molecular weight is 791 g/mol. The predicted molar refractivity (Wildman–Crippen MR) is 199 cm³/mol. The van der Waals surface area contributed by atoms with E-state index in [9.17, 15) is 14.7 Å². The molecule has 3 fully saturated rings. The van der Waals surface area contributed by atoms with E-state index in [-0.39, 0.29) is 37.4 Å².